The topological polar surface area (TPSA) is 37.4 Å². The SMILES string of the molecule is O=C1CCN(Cc2ccccc2)C[C@@H]1C(=O)C(F)(F)F. The van der Waals surface area contributed by atoms with Crippen LogP contribution < -0.4 is 0 Å². The number of alkyl halides is 3. The lowest BCUT2D eigenvalue weighted by molar-refractivity contribution is -0.178. The summed E-state index contributed by atoms with van der Waals surface area (Å²) in [5.74, 6) is -4.12. The van der Waals surface area contributed by atoms with Gasteiger partial charge < -0.3 is 0 Å². The molecule has 1 atom stereocenters. The van der Waals surface area contributed by atoms with Gasteiger partial charge in [0, 0.05) is 26.1 Å². The van der Waals surface area contributed by atoms with Crippen molar-refractivity contribution in [2.45, 2.75) is 19.1 Å². The van der Waals surface area contributed by atoms with Crippen LogP contribution in [0.3, 0.4) is 0 Å². The Labute approximate surface area is 114 Å². The quantitative estimate of drug-likeness (QED) is 0.799. The molecule has 0 aromatic heterocycles. The van der Waals surface area contributed by atoms with Crippen molar-refractivity contribution in [2.24, 2.45) is 5.92 Å². The van der Waals surface area contributed by atoms with Gasteiger partial charge in [-0.3, -0.25) is 14.5 Å². The summed E-state index contributed by atoms with van der Waals surface area (Å²) in [4.78, 5) is 24.5. The normalized spacial score (nSPS) is 20.9. The van der Waals surface area contributed by atoms with E-state index in [1.807, 2.05) is 30.3 Å². The maximum Gasteiger partial charge on any atom is 0.450 e. The fourth-order valence-corrected chi connectivity index (χ4v) is 2.31. The molecule has 0 unspecified atom stereocenters. The summed E-state index contributed by atoms with van der Waals surface area (Å²) in [6, 6.07) is 9.23. The zero-order valence-electron chi connectivity index (χ0n) is 10.7. The van der Waals surface area contributed by atoms with Crippen LogP contribution in [0.5, 0.6) is 0 Å². The summed E-state index contributed by atoms with van der Waals surface area (Å²) >= 11 is 0. The molecule has 1 aliphatic heterocycles. The van der Waals surface area contributed by atoms with E-state index in [2.05, 4.69) is 0 Å². The molecule has 1 fully saturated rings. The number of halogens is 3. The molecule has 1 heterocycles. The van der Waals surface area contributed by atoms with Crippen LogP contribution in [0.25, 0.3) is 0 Å². The van der Waals surface area contributed by atoms with E-state index in [0.29, 0.717) is 13.1 Å². The Morgan fingerprint density at radius 3 is 2.50 bits per heavy atom. The summed E-state index contributed by atoms with van der Waals surface area (Å²) < 4.78 is 37.3. The summed E-state index contributed by atoms with van der Waals surface area (Å²) in [5.41, 5.74) is 0.944. The lowest BCUT2D eigenvalue weighted by atomic mass is 9.91. The molecular formula is C14H14F3NO2. The Morgan fingerprint density at radius 1 is 1.25 bits per heavy atom. The molecular weight excluding hydrogens is 271 g/mol. The highest BCUT2D eigenvalue weighted by Crippen LogP contribution is 2.25. The zero-order valence-corrected chi connectivity index (χ0v) is 10.7. The molecule has 108 valence electrons. The van der Waals surface area contributed by atoms with Gasteiger partial charge >= 0.3 is 6.18 Å². The van der Waals surface area contributed by atoms with Crippen molar-refractivity contribution in [3.05, 3.63) is 35.9 Å². The van der Waals surface area contributed by atoms with Gasteiger partial charge in [-0.2, -0.15) is 13.2 Å². The first-order valence-corrected chi connectivity index (χ1v) is 6.28. The standard InChI is InChI=1S/C14H14F3NO2/c15-14(16,17)13(20)11-9-18(7-6-12(11)19)8-10-4-2-1-3-5-10/h1-5,11H,6-9H2/t11-/m0/s1. The Bertz CT molecular complexity index is 499. The second kappa shape index (κ2) is 5.75. The van der Waals surface area contributed by atoms with Gasteiger partial charge in [0.2, 0.25) is 5.78 Å². The molecule has 0 N–H and O–H groups in total. The molecule has 2 rings (SSSR count). The van der Waals surface area contributed by atoms with Crippen LogP contribution in [0.2, 0.25) is 0 Å². The molecule has 0 bridgehead atoms. The number of benzene rings is 1. The van der Waals surface area contributed by atoms with E-state index < -0.39 is 23.7 Å². The molecule has 1 saturated heterocycles. The van der Waals surface area contributed by atoms with Crippen molar-refractivity contribution < 1.29 is 22.8 Å². The number of rotatable bonds is 3. The predicted molar refractivity (Wildman–Crippen MR) is 65.9 cm³/mol. The lowest BCUT2D eigenvalue weighted by Gasteiger charge is -2.31. The van der Waals surface area contributed by atoms with Crippen LogP contribution in [-0.4, -0.2) is 35.7 Å². The number of carbonyl (C=O) groups is 2. The monoisotopic (exact) mass is 285 g/mol. The number of likely N-dealkylation sites (tertiary alicyclic amines) is 1. The third kappa shape index (κ3) is 3.45. The van der Waals surface area contributed by atoms with Gasteiger partial charge in [-0.05, 0) is 5.56 Å². The molecule has 0 amide bonds. The van der Waals surface area contributed by atoms with E-state index in [4.69, 9.17) is 0 Å². The third-order valence-corrected chi connectivity index (χ3v) is 3.35. The van der Waals surface area contributed by atoms with Crippen LogP contribution in [0.15, 0.2) is 30.3 Å². The molecule has 1 aliphatic rings. The van der Waals surface area contributed by atoms with Crippen molar-refractivity contribution >= 4 is 11.6 Å². The minimum Gasteiger partial charge on any atom is -0.299 e. The summed E-state index contributed by atoms with van der Waals surface area (Å²) in [7, 11) is 0. The lowest BCUT2D eigenvalue weighted by Crippen LogP contribution is -2.47. The molecule has 6 heteroatoms. The number of hydrogen-bond donors (Lipinski definition) is 0. The Kier molecular flexibility index (Phi) is 4.23. The second-order valence-corrected chi connectivity index (χ2v) is 4.85. The van der Waals surface area contributed by atoms with Crippen molar-refractivity contribution in [3.63, 3.8) is 0 Å². The van der Waals surface area contributed by atoms with Crippen molar-refractivity contribution in [2.75, 3.05) is 13.1 Å². The van der Waals surface area contributed by atoms with Crippen LogP contribution in [0.4, 0.5) is 13.2 Å². The zero-order chi connectivity index (χ0) is 14.8. The van der Waals surface area contributed by atoms with Gasteiger partial charge in [0.25, 0.3) is 0 Å². The first-order chi connectivity index (χ1) is 9.38. The number of ketones is 2. The van der Waals surface area contributed by atoms with E-state index in [1.54, 1.807) is 4.90 Å². The van der Waals surface area contributed by atoms with Gasteiger partial charge in [0.1, 0.15) is 5.78 Å². The Hall–Kier alpha value is -1.69. The summed E-state index contributed by atoms with van der Waals surface area (Å²) in [6.45, 7) is 0.664. The first-order valence-electron chi connectivity index (χ1n) is 6.28. The van der Waals surface area contributed by atoms with Gasteiger partial charge in [-0.1, -0.05) is 30.3 Å². The minimum absolute atomic E-state index is 0.0146. The van der Waals surface area contributed by atoms with Crippen LogP contribution >= 0.6 is 0 Å². The average molecular weight is 285 g/mol. The minimum atomic E-state index is -4.95. The fourth-order valence-electron chi connectivity index (χ4n) is 2.31. The van der Waals surface area contributed by atoms with E-state index in [-0.39, 0.29) is 13.0 Å². The Balaban J connectivity index is 2.05. The molecule has 1 aromatic rings. The van der Waals surface area contributed by atoms with Gasteiger partial charge in [-0.15, -0.1) is 0 Å². The van der Waals surface area contributed by atoms with Crippen molar-refractivity contribution in [3.8, 4) is 0 Å². The predicted octanol–water partition coefficient (Wildman–Crippen LogP) is 2.21. The van der Waals surface area contributed by atoms with E-state index >= 15 is 0 Å². The highest BCUT2D eigenvalue weighted by molar-refractivity contribution is 6.05. The molecule has 20 heavy (non-hydrogen) atoms. The van der Waals surface area contributed by atoms with Gasteiger partial charge in [0.05, 0.1) is 5.92 Å². The number of Topliss-reactive ketones (excluding diaryl/α,β-unsaturated/α-hetero) is 2. The van der Waals surface area contributed by atoms with E-state index in [9.17, 15) is 22.8 Å². The third-order valence-electron chi connectivity index (χ3n) is 3.35. The second-order valence-electron chi connectivity index (χ2n) is 4.85. The number of hydrogen-bond acceptors (Lipinski definition) is 3. The van der Waals surface area contributed by atoms with Crippen molar-refractivity contribution in [1.82, 2.24) is 4.90 Å². The average Bonchev–Trinajstić information content (AvgIpc) is 2.40. The molecule has 0 aliphatic carbocycles. The van der Waals surface area contributed by atoms with Gasteiger partial charge in [0.15, 0.2) is 0 Å². The highest BCUT2D eigenvalue weighted by Gasteiger charge is 2.47. The van der Waals surface area contributed by atoms with Gasteiger partial charge in [-0.25, -0.2) is 0 Å². The summed E-state index contributed by atoms with van der Waals surface area (Å²) in [5, 5.41) is 0. The number of carbonyl (C=O) groups excluding carboxylic acids is 2. The maximum absolute atomic E-state index is 12.4. The maximum atomic E-state index is 12.4. The highest BCUT2D eigenvalue weighted by atomic mass is 19.4. The molecule has 0 saturated carbocycles. The Morgan fingerprint density at radius 2 is 1.90 bits per heavy atom. The summed E-state index contributed by atoms with van der Waals surface area (Å²) in [6.07, 6.45) is -4.96. The van der Waals surface area contributed by atoms with Crippen LogP contribution in [0.1, 0.15) is 12.0 Å². The van der Waals surface area contributed by atoms with Crippen LogP contribution in [-0.2, 0) is 16.1 Å². The molecule has 0 radical (unpaired) electrons. The molecule has 1 aromatic carbocycles. The van der Waals surface area contributed by atoms with E-state index in [1.165, 1.54) is 0 Å². The van der Waals surface area contributed by atoms with E-state index in [0.717, 1.165) is 5.56 Å². The number of nitrogens with zero attached hydrogens (tertiary/aromatic N) is 1. The largest absolute Gasteiger partial charge is 0.450 e. The molecule has 0 spiro atoms. The first kappa shape index (κ1) is 14.7. The van der Waals surface area contributed by atoms with Crippen molar-refractivity contribution in [1.29, 1.82) is 0 Å². The smallest absolute Gasteiger partial charge is 0.299 e. The fraction of sp³-hybridized carbons (Fsp3) is 0.429. The van der Waals surface area contributed by atoms with Crippen LogP contribution in [0, 0.1) is 5.92 Å². The molecule has 3 nitrogen and oxygen atoms in total. The number of piperidine rings is 1.